The number of amides is 1. The van der Waals surface area contributed by atoms with Gasteiger partial charge in [0.25, 0.3) is 21.6 Å². The number of rotatable bonds is 7. The van der Waals surface area contributed by atoms with Crippen LogP contribution in [-0.4, -0.2) is 26.4 Å². The van der Waals surface area contributed by atoms with Crippen LogP contribution in [-0.2, 0) is 10.0 Å². The quantitative estimate of drug-likeness (QED) is 0.422. The van der Waals surface area contributed by atoms with Crippen LogP contribution >= 0.6 is 0 Å². The topological polar surface area (TPSA) is 128 Å². The lowest BCUT2D eigenvalue weighted by Crippen LogP contribution is -2.19. The summed E-state index contributed by atoms with van der Waals surface area (Å²) in [5.41, 5.74) is 1.19. The maximum atomic E-state index is 13.0. The number of nitro groups is 1. The molecule has 0 aliphatic heterocycles. The van der Waals surface area contributed by atoms with Crippen molar-refractivity contribution in [2.24, 2.45) is 0 Å². The average molecular weight is 441 g/mol. The van der Waals surface area contributed by atoms with E-state index in [2.05, 4.69) is 10.0 Å². The number of nitrogens with one attached hydrogen (secondary N) is 2. The fourth-order valence-corrected chi connectivity index (χ4v) is 4.15. The number of nitro benzene ring substituents is 1. The number of carbonyl (C=O) groups excluding carboxylic acids is 1. The van der Waals surface area contributed by atoms with Crippen LogP contribution in [0.4, 0.5) is 17.1 Å². The number of nitrogens with zero attached hydrogens (tertiary/aromatic N) is 1. The maximum Gasteiger partial charge on any atom is 0.271 e. The first-order valence-electron chi connectivity index (χ1n) is 9.03. The van der Waals surface area contributed by atoms with Gasteiger partial charge in [0.15, 0.2) is 0 Å². The smallest absolute Gasteiger partial charge is 0.271 e. The minimum atomic E-state index is -4.31. The first kappa shape index (κ1) is 21.8. The Kier molecular flexibility index (Phi) is 6.21. The number of para-hydroxylation sites is 1. The second-order valence-corrected chi connectivity index (χ2v) is 8.22. The van der Waals surface area contributed by atoms with E-state index in [0.29, 0.717) is 5.69 Å². The van der Waals surface area contributed by atoms with Gasteiger partial charge in [0, 0.05) is 17.8 Å². The minimum absolute atomic E-state index is 0.0150. The van der Waals surface area contributed by atoms with Gasteiger partial charge < -0.3 is 10.1 Å². The molecule has 0 aliphatic rings. The fourth-order valence-electron chi connectivity index (χ4n) is 2.88. The highest BCUT2D eigenvalue weighted by molar-refractivity contribution is 7.92. The number of hydrogen-bond acceptors (Lipinski definition) is 6. The van der Waals surface area contributed by atoms with Crippen molar-refractivity contribution in [2.45, 2.75) is 11.8 Å². The lowest BCUT2D eigenvalue weighted by atomic mass is 10.1. The number of non-ortho nitro benzene ring substituents is 1. The molecule has 10 heteroatoms. The Labute approximate surface area is 178 Å². The van der Waals surface area contributed by atoms with Gasteiger partial charge >= 0.3 is 0 Å². The number of anilines is 2. The highest BCUT2D eigenvalue weighted by atomic mass is 32.2. The van der Waals surface area contributed by atoms with Gasteiger partial charge in [-0.3, -0.25) is 19.6 Å². The molecule has 3 rings (SSSR count). The van der Waals surface area contributed by atoms with Crippen LogP contribution in [0, 0.1) is 17.0 Å². The number of sulfonamides is 1. The average Bonchev–Trinajstić information content (AvgIpc) is 2.73. The summed E-state index contributed by atoms with van der Waals surface area (Å²) < 4.78 is 33.4. The van der Waals surface area contributed by atoms with Crippen LogP contribution in [0.3, 0.4) is 0 Å². The standard InChI is InChI=1S/C21H19N3O6S/c1-14-6-5-7-15(12-14)22-21(25)17-8-3-4-9-18(17)23-31(28,29)20-13-16(24(26)27)10-11-19(20)30-2/h3-13,23H,1-2H3,(H,22,25). The maximum absolute atomic E-state index is 13.0. The molecule has 0 atom stereocenters. The highest BCUT2D eigenvalue weighted by Crippen LogP contribution is 2.30. The first-order valence-corrected chi connectivity index (χ1v) is 10.5. The van der Waals surface area contributed by atoms with Crippen molar-refractivity contribution in [1.29, 1.82) is 0 Å². The Morgan fingerprint density at radius 2 is 1.77 bits per heavy atom. The van der Waals surface area contributed by atoms with E-state index in [1.165, 1.54) is 25.3 Å². The van der Waals surface area contributed by atoms with Crippen LogP contribution < -0.4 is 14.8 Å². The van der Waals surface area contributed by atoms with E-state index in [1.807, 2.05) is 13.0 Å². The number of ether oxygens (including phenoxy) is 1. The summed E-state index contributed by atoms with van der Waals surface area (Å²) in [6.07, 6.45) is 0. The highest BCUT2D eigenvalue weighted by Gasteiger charge is 2.25. The molecule has 0 fully saturated rings. The Balaban J connectivity index is 1.96. The minimum Gasteiger partial charge on any atom is -0.495 e. The summed E-state index contributed by atoms with van der Waals surface area (Å²) in [4.78, 5) is 22.7. The molecule has 31 heavy (non-hydrogen) atoms. The zero-order chi connectivity index (χ0) is 22.6. The van der Waals surface area contributed by atoms with Crippen LogP contribution in [0.15, 0.2) is 71.6 Å². The van der Waals surface area contributed by atoms with Crippen LogP contribution in [0.2, 0.25) is 0 Å². The molecule has 1 amide bonds. The normalized spacial score (nSPS) is 10.9. The third kappa shape index (κ3) is 4.98. The van der Waals surface area contributed by atoms with Crippen molar-refractivity contribution in [3.8, 4) is 5.75 Å². The van der Waals surface area contributed by atoms with E-state index in [-0.39, 0.29) is 17.0 Å². The van der Waals surface area contributed by atoms with E-state index in [4.69, 9.17) is 4.74 Å². The van der Waals surface area contributed by atoms with Crippen molar-refractivity contribution >= 4 is 33.0 Å². The zero-order valence-electron chi connectivity index (χ0n) is 16.7. The molecule has 0 spiro atoms. The molecule has 0 bridgehead atoms. The van der Waals surface area contributed by atoms with Gasteiger partial charge in [0.05, 0.1) is 23.3 Å². The fraction of sp³-hybridized carbons (Fsp3) is 0.0952. The molecule has 0 saturated carbocycles. The van der Waals surface area contributed by atoms with E-state index >= 15 is 0 Å². The van der Waals surface area contributed by atoms with Crippen LogP contribution in [0.25, 0.3) is 0 Å². The third-order valence-corrected chi connectivity index (χ3v) is 5.73. The second-order valence-electron chi connectivity index (χ2n) is 6.57. The molecule has 9 nitrogen and oxygen atoms in total. The molecule has 0 aromatic heterocycles. The van der Waals surface area contributed by atoms with E-state index in [9.17, 15) is 23.3 Å². The predicted molar refractivity (Wildman–Crippen MR) is 116 cm³/mol. The predicted octanol–water partition coefficient (Wildman–Crippen LogP) is 3.96. The van der Waals surface area contributed by atoms with Crippen LogP contribution in [0.5, 0.6) is 5.75 Å². The number of methoxy groups -OCH3 is 1. The molecule has 2 N–H and O–H groups in total. The second kappa shape index (κ2) is 8.84. The summed E-state index contributed by atoms with van der Waals surface area (Å²) >= 11 is 0. The summed E-state index contributed by atoms with van der Waals surface area (Å²) in [7, 11) is -3.05. The van der Waals surface area contributed by atoms with Crippen molar-refractivity contribution in [2.75, 3.05) is 17.1 Å². The molecular weight excluding hydrogens is 422 g/mol. The van der Waals surface area contributed by atoms with Gasteiger partial charge in [-0.15, -0.1) is 0 Å². The van der Waals surface area contributed by atoms with Gasteiger partial charge in [-0.25, -0.2) is 8.42 Å². The SMILES string of the molecule is COc1ccc([N+](=O)[O-])cc1S(=O)(=O)Nc1ccccc1C(=O)Nc1cccc(C)c1. The van der Waals surface area contributed by atoms with E-state index in [1.54, 1.807) is 30.3 Å². The molecule has 0 aliphatic carbocycles. The molecule has 3 aromatic carbocycles. The number of benzene rings is 3. The van der Waals surface area contributed by atoms with Gasteiger partial charge in [-0.2, -0.15) is 0 Å². The molecule has 0 unspecified atom stereocenters. The summed E-state index contributed by atoms with van der Waals surface area (Å²) in [6.45, 7) is 1.88. The van der Waals surface area contributed by atoms with Gasteiger partial charge in [-0.05, 0) is 42.8 Å². The van der Waals surface area contributed by atoms with Gasteiger partial charge in [0.2, 0.25) is 0 Å². The Morgan fingerprint density at radius 3 is 2.45 bits per heavy atom. The summed E-state index contributed by atoms with van der Waals surface area (Å²) in [6, 6.07) is 16.4. The van der Waals surface area contributed by atoms with Crippen molar-refractivity contribution in [3.63, 3.8) is 0 Å². The first-order chi connectivity index (χ1) is 14.7. The molecule has 3 aromatic rings. The largest absolute Gasteiger partial charge is 0.495 e. The molecule has 0 heterocycles. The Morgan fingerprint density at radius 1 is 1.03 bits per heavy atom. The van der Waals surface area contributed by atoms with Crippen molar-refractivity contribution in [3.05, 3.63) is 88.0 Å². The molecule has 0 radical (unpaired) electrons. The van der Waals surface area contributed by atoms with E-state index < -0.39 is 31.4 Å². The van der Waals surface area contributed by atoms with Gasteiger partial charge in [-0.1, -0.05) is 24.3 Å². The van der Waals surface area contributed by atoms with Crippen molar-refractivity contribution < 1.29 is 22.9 Å². The van der Waals surface area contributed by atoms with Crippen molar-refractivity contribution in [1.82, 2.24) is 0 Å². The lowest BCUT2D eigenvalue weighted by molar-refractivity contribution is -0.385. The number of hydrogen-bond donors (Lipinski definition) is 2. The molecular formula is C21H19N3O6S. The van der Waals surface area contributed by atoms with Gasteiger partial charge in [0.1, 0.15) is 10.6 Å². The van der Waals surface area contributed by atoms with Crippen LogP contribution in [0.1, 0.15) is 15.9 Å². The number of aryl methyl sites for hydroxylation is 1. The number of carbonyl (C=O) groups is 1. The molecule has 0 saturated heterocycles. The Hall–Kier alpha value is -3.92. The Bertz CT molecular complexity index is 1260. The zero-order valence-corrected chi connectivity index (χ0v) is 17.5. The lowest BCUT2D eigenvalue weighted by Gasteiger charge is -2.14. The summed E-state index contributed by atoms with van der Waals surface area (Å²) in [5, 5.41) is 13.8. The van der Waals surface area contributed by atoms with E-state index in [0.717, 1.165) is 17.7 Å². The third-order valence-electron chi connectivity index (χ3n) is 4.34. The monoisotopic (exact) mass is 441 g/mol. The summed E-state index contributed by atoms with van der Waals surface area (Å²) in [5.74, 6) is -0.588. The molecule has 160 valence electrons.